The first kappa shape index (κ1) is 11.6. The molecule has 0 aromatic heterocycles. The van der Waals surface area contributed by atoms with Crippen molar-refractivity contribution in [1.82, 2.24) is 4.90 Å². The van der Waals surface area contributed by atoms with E-state index >= 15 is 0 Å². The molecule has 2 heteroatoms. The molecule has 14 heavy (non-hydrogen) atoms. The van der Waals surface area contributed by atoms with Crippen LogP contribution in [0.2, 0.25) is 0 Å². The van der Waals surface area contributed by atoms with Crippen molar-refractivity contribution in [2.75, 3.05) is 19.6 Å². The van der Waals surface area contributed by atoms with Crippen LogP contribution in [0.25, 0.3) is 0 Å². The van der Waals surface area contributed by atoms with E-state index in [-0.39, 0.29) is 0 Å². The average molecular weight is 194 g/mol. The summed E-state index contributed by atoms with van der Waals surface area (Å²) in [6.45, 7) is 7.48. The van der Waals surface area contributed by atoms with Crippen LogP contribution in [0.1, 0.15) is 26.7 Å². The van der Waals surface area contributed by atoms with Crippen molar-refractivity contribution in [3.05, 3.63) is 0 Å². The molecule has 0 radical (unpaired) electrons. The molecule has 2 nitrogen and oxygen atoms in total. The maximum atomic E-state index is 5.68. The van der Waals surface area contributed by atoms with E-state index in [9.17, 15) is 0 Å². The maximum Gasteiger partial charge on any atom is 0.0328 e. The van der Waals surface area contributed by atoms with Gasteiger partial charge in [-0.05, 0) is 38.8 Å². The van der Waals surface area contributed by atoms with Crippen LogP contribution in [-0.2, 0) is 0 Å². The predicted octanol–water partition coefficient (Wildman–Crippen LogP) is 1.31. The number of hydrogen-bond acceptors (Lipinski definition) is 2. The summed E-state index contributed by atoms with van der Waals surface area (Å²) in [6.07, 6.45) is 7.90. The minimum atomic E-state index is 0.455. The Hall–Kier alpha value is -0.520. The number of nitrogens with two attached hydrogens (primary N) is 1. The van der Waals surface area contributed by atoms with E-state index in [2.05, 4.69) is 24.7 Å². The van der Waals surface area contributed by atoms with Gasteiger partial charge in [0.2, 0.25) is 0 Å². The van der Waals surface area contributed by atoms with Gasteiger partial charge in [-0.1, -0.05) is 6.92 Å². The van der Waals surface area contributed by atoms with Gasteiger partial charge in [-0.25, -0.2) is 0 Å². The van der Waals surface area contributed by atoms with Gasteiger partial charge in [-0.3, -0.25) is 4.90 Å². The molecule has 2 N–H and O–H groups in total. The Balaban J connectivity index is 2.47. The zero-order chi connectivity index (χ0) is 10.6. The highest BCUT2D eigenvalue weighted by Crippen LogP contribution is 2.20. The topological polar surface area (TPSA) is 29.3 Å². The number of likely N-dealkylation sites (tertiary alicyclic amines) is 1. The molecule has 1 aliphatic rings. The number of piperidine rings is 1. The van der Waals surface area contributed by atoms with Crippen molar-refractivity contribution in [3.63, 3.8) is 0 Å². The van der Waals surface area contributed by atoms with Gasteiger partial charge in [-0.2, -0.15) is 0 Å². The molecule has 1 heterocycles. The zero-order valence-corrected chi connectivity index (χ0v) is 9.37. The summed E-state index contributed by atoms with van der Waals surface area (Å²) in [5.74, 6) is 3.89. The van der Waals surface area contributed by atoms with Crippen LogP contribution in [0, 0.1) is 24.2 Å². The Bertz CT molecular complexity index is 207. The molecule has 1 aliphatic heterocycles. The van der Waals surface area contributed by atoms with E-state index in [1.54, 1.807) is 0 Å². The molecule has 0 aliphatic carbocycles. The monoisotopic (exact) mass is 194 g/mol. The fourth-order valence-corrected chi connectivity index (χ4v) is 2.07. The molecule has 0 aromatic rings. The minimum Gasteiger partial charge on any atom is -0.330 e. The second kappa shape index (κ2) is 5.38. The van der Waals surface area contributed by atoms with Crippen molar-refractivity contribution >= 4 is 0 Å². The number of hydrogen-bond donors (Lipinski definition) is 1. The van der Waals surface area contributed by atoms with Crippen LogP contribution in [0.5, 0.6) is 0 Å². The zero-order valence-electron chi connectivity index (χ0n) is 9.37. The van der Waals surface area contributed by atoms with E-state index in [0.717, 1.165) is 13.1 Å². The fraction of sp³-hybridized carbons (Fsp3) is 0.833. The summed E-state index contributed by atoms with van der Waals surface area (Å²) in [4.78, 5) is 2.49. The Morgan fingerprint density at radius 3 is 2.86 bits per heavy atom. The summed E-state index contributed by atoms with van der Waals surface area (Å²) in [5, 5.41) is 0. The van der Waals surface area contributed by atoms with Gasteiger partial charge >= 0.3 is 0 Å². The highest BCUT2D eigenvalue weighted by molar-refractivity contribution is 4.97. The molecule has 0 bridgehead atoms. The van der Waals surface area contributed by atoms with Crippen LogP contribution in [0.3, 0.4) is 0 Å². The Morgan fingerprint density at radius 2 is 2.29 bits per heavy atom. The van der Waals surface area contributed by atoms with Gasteiger partial charge in [-0.15, -0.1) is 12.3 Å². The molecule has 1 rings (SSSR count). The maximum absolute atomic E-state index is 5.68. The molecule has 0 saturated carbocycles. The lowest BCUT2D eigenvalue weighted by molar-refractivity contribution is 0.119. The van der Waals surface area contributed by atoms with Crippen LogP contribution < -0.4 is 5.73 Å². The van der Waals surface area contributed by atoms with Crippen LogP contribution in [0.4, 0.5) is 0 Å². The molecular weight excluding hydrogens is 172 g/mol. The van der Waals surface area contributed by atoms with Crippen molar-refractivity contribution in [2.24, 2.45) is 17.6 Å². The normalized spacial score (nSPS) is 28.0. The van der Waals surface area contributed by atoms with Crippen molar-refractivity contribution in [3.8, 4) is 12.3 Å². The van der Waals surface area contributed by atoms with Crippen molar-refractivity contribution in [1.29, 1.82) is 0 Å². The summed E-state index contributed by atoms with van der Waals surface area (Å²) in [7, 11) is 0. The van der Waals surface area contributed by atoms with Gasteiger partial charge in [0.05, 0.1) is 0 Å². The molecule has 0 spiro atoms. The fourth-order valence-electron chi connectivity index (χ4n) is 2.07. The lowest BCUT2D eigenvalue weighted by Gasteiger charge is -2.37. The molecule has 3 unspecified atom stereocenters. The van der Waals surface area contributed by atoms with E-state index < -0.39 is 0 Å². The van der Waals surface area contributed by atoms with Gasteiger partial charge in [0.15, 0.2) is 0 Å². The standard InChI is InChI=1S/C12H22N2/c1-4-12-6-5-7-14(9-12)11(3)10(2)8-13/h1,10-12H,5-9,13H2,2-3H3. The molecule has 1 fully saturated rings. The number of rotatable bonds is 3. The van der Waals surface area contributed by atoms with Crippen molar-refractivity contribution < 1.29 is 0 Å². The third kappa shape index (κ3) is 2.73. The Labute approximate surface area is 87.8 Å². The molecule has 80 valence electrons. The summed E-state index contributed by atoms with van der Waals surface area (Å²) >= 11 is 0. The average Bonchev–Trinajstić information content (AvgIpc) is 2.27. The molecule has 1 saturated heterocycles. The first-order valence-electron chi connectivity index (χ1n) is 5.59. The van der Waals surface area contributed by atoms with E-state index in [1.807, 2.05) is 0 Å². The van der Waals surface area contributed by atoms with E-state index in [1.165, 1.54) is 19.4 Å². The van der Waals surface area contributed by atoms with Crippen LogP contribution >= 0.6 is 0 Å². The summed E-state index contributed by atoms with van der Waals surface area (Å²) in [6, 6.07) is 0.566. The van der Waals surface area contributed by atoms with E-state index in [4.69, 9.17) is 12.2 Å². The Morgan fingerprint density at radius 1 is 1.57 bits per heavy atom. The second-order valence-electron chi connectivity index (χ2n) is 4.45. The second-order valence-corrected chi connectivity index (χ2v) is 4.45. The summed E-state index contributed by atoms with van der Waals surface area (Å²) in [5.41, 5.74) is 5.68. The lowest BCUT2D eigenvalue weighted by Crippen LogP contribution is -2.45. The Kier molecular flexibility index (Phi) is 4.44. The van der Waals surface area contributed by atoms with Crippen LogP contribution in [0.15, 0.2) is 0 Å². The minimum absolute atomic E-state index is 0.455. The molecule has 0 amide bonds. The number of terminal acetylenes is 1. The SMILES string of the molecule is C#CC1CCCN(C(C)C(C)CN)C1. The van der Waals surface area contributed by atoms with Gasteiger partial charge in [0.25, 0.3) is 0 Å². The predicted molar refractivity (Wildman–Crippen MR) is 60.8 cm³/mol. The largest absolute Gasteiger partial charge is 0.330 e. The third-order valence-electron chi connectivity index (χ3n) is 3.46. The van der Waals surface area contributed by atoms with E-state index in [0.29, 0.717) is 17.9 Å². The quantitative estimate of drug-likeness (QED) is 0.687. The summed E-state index contributed by atoms with van der Waals surface area (Å²) < 4.78 is 0. The van der Waals surface area contributed by atoms with Gasteiger partial charge in [0.1, 0.15) is 0 Å². The van der Waals surface area contributed by atoms with Crippen LogP contribution in [-0.4, -0.2) is 30.6 Å². The molecular formula is C12H22N2. The van der Waals surface area contributed by atoms with Gasteiger partial charge < -0.3 is 5.73 Å². The first-order chi connectivity index (χ1) is 6.69. The number of nitrogens with zero attached hydrogens (tertiary/aromatic N) is 1. The molecule has 3 atom stereocenters. The highest BCUT2D eigenvalue weighted by atomic mass is 15.2. The smallest absolute Gasteiger partial charge is 0.0328 e. The molecule has 0 aromatic carbocycles. The highest BCUT2D eigenvalue weighted by Gasteiger charge is 2.24. The van der Waals surface area contributed by atoms with Gasteiger partial charge in [0, 0.05) is 18.5 Å². The lowest BCUT2D eigenvalue weighted by atomic mass is 9.94. The van der Waals surface area contributed by atoms with Crippen molar-refractivity contribution in [2.45, 2.75) is 32.7 Å². The third-order valence-corrected chi connectivity index (χ3v) is 3.46. The first-order valence-corrected chi connectivity index (χ1v) is 5.59.